The lowest BCUT2D eigenvalue weighted by molar-refractivity contribution is -0.156. The van der Waals surface area contributed by atoms with Gasteiger partial charge in [0.1, 0.15) is 17.4 Å². The van der Waals surface area contributed by atoms with E-state index in [-0.39, 0.29) is 18.2 Å². The number of rotatable bonds is 8. The number of alkyl halides is 2. The lowest BCUT2D eigenvalue weighted by Crippen LogP contribution is -2.61. The molecule has 7 nitrogen and oxygen atoms in total. The smallest absolute Gasteiger partial charge is 0.311 e. The summed E-state index contributed by atoms with van der Waals surface area (Å²) < 4.78 is 54.5. The van der Waals surface area contributed by atoms with Gasteiger partial charge in [-0.05, 0) is 75.4 Å². The fourth-order valence-corrected chi connectivity index (χ4v) is 6.82. The van der Waals surface area contributed by atoms with Crippen LogP contribution in [0.5, 0.6) is 5.75 Å². The number of nitrogens with zero attached hydrogens (tertiary/aromatic N) is 3. The van der Waals surface area contributed by atoms with E-state index in [0.717, 1.165) is 24.5 Å². The molecule has 2 aromatic rings. The number of halogens is 3. The fourth-order valence-electron chi connectivity index (χ4n) is 6.82. The third kappa shape index (κ3) is 5.36. The molecule has 1 unspecified atom stereocenters. The van der Waals surface area contributed by atoms with E-state index in [1.54, 1.807) is 19.1 Å². The van der Waals surface area contributed by atoms with Crippen LogP contribution in [0, 0.1) is 11.2 Å². The van der Waals surface area contributed by atoms with Crippen LogP contribution in [0.3, 0.4) is 0 Å². The summed E-state index contributed by atoms with van der Waals surface area (Å²) in [6.07, 6.45) is 1.88. The highest BCUT2D eigenvalue weighted by molar-refractivity contribution is 5.85. The Morgan fingerprint density at radius 3 is 2.33 bits per heavy atom. The maximum Gasteiger partial charge on any atom is 0.311 e. The number of hydrogen-bond acceptors (Lipinski definition) is 7. The molecule has 0 radical (unpaired) electrons. The van der Waals surface area contributed by atoms with E-state index < -0.39 is 22.4 Å². The zero-order valence-corrected chi connectivity index (χ0v) is 25.4. The van der Waals surface area contributed by atoms with E-state index in [0.29, 0.717) is 74.6 Å². The van der Waals surface area contributed by atoms with Gasteiger partial charge in [-0.3, -0.25) is 9.69 Å². The molecular formula is C33H40F3N3O4. The molecule has 0 bridgehead atoms. The van der Waals surface area contributed by atoms with Crippen LogP contribution in [0.15, 0.2) is 41.6 Å². The number of benzene rings is 2. The predicted molar refractivity (Wildman–Crippen MR) is 157 cm³/mol. The SMILES string of the molecule is CCOC(=O)C1(C)CCN(C2=NOC3(C2)CN(Cc2cc(OCC)c(-c4ccc(F)cc4)c(C4(C)CC4(F)F)c2)C3)CC1. The number of hydrogen-bond donors (Lipinski definition) is 0. The minimum Gasteiger partial charge on any atom is -0.493 e. The van der Waals surface area contributed by atoms with Gasteiger partial charge in [-0.2, -0.15) is 0 Å². The molecule has 6 rings (SSSR count). The molecule has 2 aromatic carbocycles. The molecule has 0 amide bonds. The van der Waals surface area contributed by atoms with Crippen LogP contribution in [-0.2, 0) is 26.3 Å². The van der Waals surface area contributed by atoms with Gasteiger partial charge in [0.2, 0.25) is 0 Å². The Morgan fingerprint density at radius 2 is 1.72 bits per heavy atom. The first kappa shape index (κ1) is 29.8. The van der Waals surface area contributed by atoms with Crippen molar-refractivity contribution in [3.05, 3.63) is 53.3 Å². The average molecular weight is 600 g/mol. The highest BCUT2D eigenvalue weighted by atomic mass is 19.3. The maximum absolute atomic E-state index is 14.8. The monoisotopic (exact) mass is 599 g/mol. The Balaban J connectivity index is 1.14. The zero-order chi connectivity index (χ0) is 30.6. The Labute approximate surface area is 250 Å². The number of amidine groups is 1. The summed E-state index contributed by atoms with van der Waals surface area (Å²) in [5.41, 5.74) is 0.491. The van der Waals surface area contributed by atoms with Crippen molar-refractivity contribution in [1.82, 2.24) is 9.80 Å². The first-order valence-electron chi connectivity index (χ1n) is 15.2. The van der Waals surface area contributed by atoms with Gasteiger partial charge >= 0.3 is 5.97 Å². The summed E-state index contributed by atoms with van der Waals surface area (Å²) in [6.45, 7) is 11.4. The van der Waals surface area contributed by atoms with Crippen LogP contribution in [-0.4, -0.2) is 72.5 Å². The molecule has 0 N–H and O–H groups in total. The molecule has 1 spiro atoms. The summed E-state index contributed by atoms with van der Waals surface area (Å²) in [5, 5.41) is 4.44. The Morgan fingerprint density at radius 1 is 1.05 bits per heavy atom. The number of esters is 1. The number of oxime groups is 1. The number of ether oxygens (including phenoxy) is 2. The highest BCUT2D eigenvalue weighted by Crippen LogP contribution is 2.63. The van der Waals surface area contributed by atoms with Gasteiger partial charge in [0, 0.05) is 44.7 Å². The molecule has 1 saturated carbocycles. The van der Waals surface area contributed by atoms with E-state index in [1.165, 1.54) is 12.1 Å². The molecule has 3 aliphatic heterocycles. The van der Waals surface area contributed by atoms with Crippen molar-refractivity contribution in [2.75, 3.05) is 39.4 Å². The van der Waals surface area contributed by atoms with Crippen LogP contribution in [0.25, 0.3) is 11.1 Å². The quantitative estimate of drug-likeness (QED) is 0.340. The molecular weight excluding hydrogens is 559 g/mol. The van der Waals surface area contributed by atoms with Crippen molar-refractivity contribution in [3.8, 4) is 16.9 Å². The second-order valence-corrected chi connectivity index (χ2v) is 13.0. The Hall–Kier alpha value is -3.27. The van der Waals surface area contributed by atoms with Crippen molar-refractivity contribution in [1.29, 1.82) is 0 Å². The minimum absolute atomic E-state index is 0.133. The number of piperidine rings is 1. The maximum atomic E-state index is 14.8. The van der Waals surface area contributed by atoms with Gasteiger partial charge in [0.05, 0.1) is 30.5 Å². The topological polar surface area (TPSA) is 63.6 Å². The summed E-state index contributed by atoms with van der Waals surface area (Å²) in [6, 6.07) is 9.72. The molecule has 1 aliphatic carbocycles. The third-order valence-electron chi connectivity index (χ3n) is 9.70. The minimum atomic E-state index is -2.82. The Kier molecular flexibility index (Phi) is 7.42. The Bertz CT molecular complexity index is 1420. The van der Waals surface area contributed by atoms with E-state index in [9.17, 15) is 18.0 Å². The molecule has 4 aliphatic rings. The van der Waals surface area contributed by atoms with E-state index in [1.807, 2.05) is 32.9 Å². The normalized spacial score (nSPS) is 25.1. The molecule has 3 heterocycles. The standard InChI is InChI=1S/C33H40F3N3O4/c1-5-41-26-16-22(15-25(31(4)19-33(31,35)36)28(26)23-7-9-24(34)10-8-23)18-38-20-32(21-38)17-27(37-43-32)39-13-11-30(3,12-14-39)29(40)42-6-2/h7-10,15-16H,5-6,11-14,17-21H2,1-4H3. The second kappa shape index (κ2) is 10.7. The molecule has 10 heteroatoms. The lowest BCUT2D eigenvalue weighted by atomic mass is 9.80. The van der Waals surface area contributed by atoms with Crippen molar-refractivity contribution in [2.24, 2.45) is 10.6 Å². The van der Waals surface area contributed by atoms with E-state index in [4.69, 9.17) is 14.3 Å². The van der Waals surface area contributed by atoms with Crippen molar-refractivity contribution in [2.45, 2.75) is 76.9 Å². The van der Waals surface area contributed by atoms with Crippen molar-refractivity contribution < 1.29 is 32.3 Å². The van der Waals surface area contributed by atoms with Crippen molar-refractivity contribution >= 4 is 11.8 Å². The van der Waals surface area contributed by atoms with Crippen LogP contribution in [0.4, 0.5) is 13.2 Å². The molecule has 0 aromatic heterocycles. The number of carbonyl (C=O) groups is 1. The first-order valence-corrected chi connectivity index (χ1v) is 15.2. The summed E-state index contributed by atoms with van der Waals surface area (Å²) in [5.74, 6) is -1.89. The molecule has 1 atom stereocenters. The van der Waals surface area contributed by atoms with Gasteiger partial charge in [-0.15, -0.1) is 0 Å². The molecule has 232 valence electrons. The lowest BCUT2D eigenvalue weighted by Gasteiger charge is -2.46. The fraction of sp³-hybridized carbons (Fsp3) is 0.576. The van der Waals surface area contributed by atoms with Gasteiger partial charge in [-0.1, -0.05) is 23.4 Å². The average Bonchev–Trinajstić information content (AvgIpc) is 3.25. The summed E-state index contributed by atoms with van der Waals surface area (Å²) in [4.78, 5) is 22.8. The zero-order valence-electron chi connectivity index (χ0n) is 25.4. The van der Waals surface area contributed by atoms with E-state index >= 15 is 0 Å². The highest BCUT2D eigenvalue weighted by Gasteiger charge is 2.69. The van der Waals surface area contributed by atoms with E-state index in [2.05, 4.69) is 15.0 Å². The van der Waals surface area contributed by atoms with Crippen LogP contribution in [0.2, 0.25) is 0 Å². The number of likely N-dealkylation sites (tertiary alicyclic amines) is 2. The van der Waals surface area contributed by atoms with Gasteiger partial charge in [0.15, 0.2) is 5.60 Å². The second-order valence-electron chi connectivity index (χ2n) is 13.0. The molecule has 43 heavy (non-hydrogen) atoms. The van der Waals surface area contributed by atoms with Crippen LogP contribution >= 0.6 is 0 Å². The summed E-state index contributed by atoms with van der Waals surface area (Å²) in [7, 11) is 0. The van der Waals surface area contributed by atoms with Crippen LogP contribution < -0.4 is 4.74 Å². The van der Waals surface area contributed by atoms with Gasteiger partial charge < -0.3 is 19.2 Å². The first-order chi connectivity index (χ1) is 20.4. The van der Waals surface area contributed by atoms with Crippen molar-refractivity contribution in [3.63, 3.8) is 0 Å². The van der Waals surface area contributed by atoms with Gasteiger partial charge in [0.25, 0.3) is 5.92 Å². The summed E-state index contributed by atoms with van der Waals surface area (Å²) >= 11 is 0. The molecule has 2 saturated heterocycles. The molecule has 3 fully saturated rings. The predicted octanol–water partition coefficient (Wildman–Crippen LogP) is 6.14. The van der Waals surface area contributed by atoms with Gasteiger partial charge in [-0.25, -0.2) is 13.2 Å². The largest absolute Gasteiger partial charge is 0.493 e. The third-order valence-corrected chi connectivity index (χ3v) is 9.70. The van der Waals surface area contributed by atoms with Crippen LogP contribution in [0.1, 0.15) is 64.5 Å². The number of carbonyl (C=O) groups excluding carboxylic acids is 1.